The molecule has 0 aliphatic carbocycles. The van der Waals surface area contributed by atoms with Crippen LogP contribution in [0.25, 0.3) is 0 Å². The van der Waals surface area contributed by atoms with Gasteiger partial charge in [0.1, 0.15) is 18.0 Å². The Balaban J connectivity index is 2.99. The monoisotopic (exact) mass is 167 g/mol. The molecule has 0 atom stereocenters. The van der Waals surface area contributed by atoms with Crippen molar-refractivity contribution in [3.05, 3.63) is 28.7 Å². The lowest BCUT2D eigenvalue weighted by molar-refractivity contribution is 0.411. The zero-order valence-corrected chi connectivity index (χ0v) is 6.65. The normalized spacial score (nSPS) is 9.42. The molecule has 0 bridgehead atoms. The van der Waals surface area contributed by atoms with Crippen molar-refractivity contribution in [1.29, 1.82) is 0 Å². The summed E-state index contributed by atoms with van der Waals surface area (Å²) < 4.78 is 4.90. The average Bonchev–Trinajstić information content (AvgIpc) is 2.09. The molecule has 0 heterocycles. The summed E-state index contributed by atoms with van der Waals surface area (Å²) in [7, 11) is 1.52. The molecule has 64 valence electrons. The van der Waals surface area contributed by atoms with Crippen LogP contribution in [0, 0.1) is 4.91 Å². The van der Waals surface area contributed by atoms with Crippen LogP contribution in [0.15, 0.2) is 23.4 Å². The molecule has 0 aliphatic rings. The molecule has 1 aromatic rings. The molecule has 0 spiro atoms. The zero-order chi connectivity index (χ0) is 8.97. The molecule has 0 radical (unpaired) electrons. The van der Waals surface area contributed by atoms with Gasteiger partial charge < -0.3 is 9.84 Å². The minimum absolute atomic E-state index is 0.0387. The highest BCUT2D eigenvalue weighted by atomic mass is 16.5. The Hall–Kier alpha value is -1.58. The lowest BCUT2D eigenvalue weighted by Crippen LogP contribution is -1.86. The van der Waals surface area contributed by atoms with Crippen LogP contribution in [-0.2, 0) is 6.54 Å². The number of phenols is 1. The summed E-state index contributed by atoms with van der Waals surface area (Å²) in [4.78, 5) is 9.92. The van der Waals surface area contributed by atoms with Gasteiger partial charge in [-0.1, -0.05) is 5.18 Å². The van der Waals surface area contributed by atoms with E-state index < -0.39 is 0 Å². The number of benzene rings is 1. The highest BCUT2D eigenvalue weighted by molar-refractivity contribution is 5.39. The van der Waals surface area contributed by atoms with Crippen LogP contribution in [0.5, 0.6) is 11.5 Å². The maximum absolute atomic E-state index is 9.92. The summed E-state index contributed by atoms with van der Waals surface area (Å²) in [6.07, 6.45) is 0. The van der Waals surface area contributed by atoms with Crippen LogP contribution >= 0.6 is 0 Å². The Bertz CT molecular complexity index is 286. The number of rotatable bonds is 3. The van der Waals surface area contributed by atoms with Crippen molar-refractivity contribution < 1.29 is 9.84 Å². The highest BCUT2D eigenvalue weighted by Crippen LogP contribution is 2.23. The quantitative estimate of drug-likeness (QED) is 0.696. The Morgan fingerprint density at radius 1 is 1.58 bits per heavy atom. The Morgan fingerprint density at radius 2 is 2.33 bits per heavy atom. The third-order valence-electron chi connectivity index (χ3n) is 1.52. The third-order valence-corrected chi connectivity index (χ3v) is 1.52. The summed E-state index contributed by atoms with van der Waals surface area (Å²) in [5, 5.41) is 11.9. The maximum Gasteiger partial charge on any atom is 0.121 e. The average molecular weight is 167 g/mol. The van der Waals surface area contributed by atoms with E-state index in [1.54, 1.807) is 12.1 Å². The van der Waals surface area contributed by atoms with Gasteiger partial charge in [-0.3, -0.25) is 0 Å². The fourth-order valence-corrected chi connectivity index (χ4v) is 0.885. The van der Waals surface area contributed by atoms with Crippen LogP contribution in [-0.4, -0.2) is 12.2 Å². The van der Waals surface area contributed by atoms with Crippen molar-refractivity contribution in [2.45, 2.75) is 6.54 Å². The second-order valence-electron chi connectivity index (χ2n) is 2.28. The number of nitrogens with zero attached hydrogens (tertiary/aromatic N) is 1. The molecule has 0 saturated carbocycles. The second-order valence-corrected chi connectivity index (χ2v) is 2.28. The van der Waals surface area contributed by atoms with Gasteiger partial charge in [0.15, 0.2) is 0 Å². The summed E-state index contributed by atoms with van der Waals surface area (Å²) in [5.74, 6) is 0.668. The molecule has 1 rings (SSSR count). The van der Waals surface area contributed by atoms with Gasteiger partial charge in [-0.2, -0.15) is 4.91 Å². The van der Waals surface area contributed by atoms with Crippen LogP contribution in [0.1, 0.15) is 5.56 Å². The summed E-state index contributed by atoms with van der Waals surface area (Å²) in [6, 6.07) is 4.67. The van der Waals surface area contributed by atoms with Gasteiger partial charge >= 0.3 is 0 Å². The number of ether oxygens (including phenoxy) is 1. The van der Waals surface area contributed by atoms with Crippen molar-refractivity contribution in [2.75, 3.05) is 7.11 Å². The van der Waals surface area contributed by atoms with Gasteiger partial charge in [-0.15, -0.1) is 0 Å². The Kier molecular flexibility index (Phi) is 2.63. The maximum atomic E-state index is 9.92. The predicted molar refractivity (Wildman–Crippen MR) is 44.2 cm³/mol. The molecule has 1 aromatic carbocycles. The van der Waals surface area contributed by atoms with Gasteiger partial charge in [0.25, 0.3) is 0 Å². The standard InChI is InChI=1S/C8H9NO3/c1-12-7-2-3-8(10)6(4-7)5-9-11/h2-4,10H,5H2,1H3. The van der Waals surface area contributed by atoms with Crippen molar-refractivity contribution in [3.8, 4) is 11.5 Å². The molecular weight excluding hydrogens is 158 g/mol. The van der Waals surface area contributed by atoms with Crippen molar-refractivity contribution in [3.63, 3.8) is 0 Å². The molecule has 0 aliphatic heterocycles. The van der Waals surface area contributed by atoms with Gasteiger partial charge in [0.05, 0.1) is 7.11 Å². The summed E-state index contributed by atoms with van der Waals surface area (Å²) >= 11 is 0. The fourth-order valence-electron chi connectivity index (χ4n) is 0.885. The van der Waals surface area contributed by atoms with Crippen LogP contribution < -0.4 is 4.74 Å². The first-order valence-corrected chi connectivity index (χ1v) is 3.43. The van der Waals surface area contributed by atoms with Gasteiger partial charge in [0.2, 0.25) is 0 Å². The molecule has 0 amide bonds. The summed E-state index contributed by atoms with van der Waals surface area (Å²) in [6.45, 7) is -0.0387. The van der Waals surface area contributed by atoms with Gasteiger partial charge in [-0.25, -0.2) is 0 Å². The molecule has 1 N–H and O–H groups in total. The van der Waals surface area contributed by atoms with Crippen LogP contribution in [0.2, 0.25) is 0 Å². The van der Waals surface area contributed by atoms with Crippen molar-refractivity contribution in [2.24, 2.45) is 5.18 Å². The molecular formula is C8H9NO3. The van der Waals surface area contributed by atoms with Crippen LogP contribution in [0.4, 0.5) is 0 Å². The minimum Gasteiger partial charge on any atom is -0.508 e. The van der Waals surface area contributed by atoms with E-state index in [0.717, 1.165) is 0 Å². The highest BCUT2D eigenvalue weighted by Gasteiger charge is 2.02. The molecule has 0 aromatic heterocycles. The van der Waals surface area contributed by atoms with Crippen LogP contribution in [0.3, 0.4) is 0 Å². The first kappa shape index (κ1) is 8.52. The SMILES string of the molecule is COc1ccc(O)c(CN=O)c1. The Labute approximate surface area is 69.8 Å². The molecule has 0 unspecified atom stereocenters. The van der Waals surface area contributed by atoms with E-state index in [9.17, 15) is 10.0 Å². The van der Waals surface area contributed by atoms with Crippen molar-refractivity contribution >= 4 is 0 Å². The topological polar surface area (TPSA) is 58.9 Å². The third kappa shape index (κ3) is 1.72. The number of phenolic OH excluding ortho intramolecular Hbond substituents is 1. The Morgan fingerprint density at radius 3 is 2.92 bits per heavy atom. The van der Waals surface area contributed by atoms with Gasteiger partial charge in [-0.05, 0) is 18.2 Å². The molecule has 0 fully saturated rings. The van der Waals surface area contributed by atoms with E-state index in [-0.39, 0.29) is 12.3 Å². The van der Waals surface area contributed by atoms with E-state index in [2.05, 4.69) is 5.18 Å². The summed E-state index contributed by atoms with van der Waals surface area (Å²) in [5.41, 5.74) is 0.476. The zero-order valence-electron chi connectivity index (χ0n) is 6.65. The number of nitroso groups, excluding NO2 is 1. The fraction of sp³-hybridized carbons (Fsp3) is 0.250. The van der Waals surface area contributed by atoms with E-state index in [1.165, 1.54) is 13.2 Å². The van der Waals surface area contributed by atoms with E-state index in [4.69, 9.17) is 4.74 Å². The largest absolute Gasteiger partial charge is 0.508 e. The number of aromatic hydroxyl groups is 1. The first-order chi connectivity index (χ1) is 5.77. The second kappa shape index (κ2) is 3.71. The molecule has 4 nitrogen and oxygen atoms in total. The lowest BCUT2D eigenvalue weighted by atomic mass is 10.2. The molecule has 4 heteroatoms. The smallest absolute Gasteiger partial charge is 0.121 e. The van der Waals surface area contributed by atoms with Crippen molar-refractivity contribution in [1.82, 2.24) is 0 Å². The minimum atomic E-state index is -0.0387. The number of hydrogen-bond donors (Lipinski definition) is 1. The van der Waals surface area contributed by atoms with Gasteiger partial charge in [0, 0.05) is 5.56 Å². The first-order valence-electron chi connectivity index (χ1n) is 3.43. The number of hydrogen-bond acceptors (Lipinski definition) is 4. The molecule has 12 heavy (non-hydrogen) atoms. The number of methoxy groups -OCH3 is 1. The predicted octanol–water partition coefficient (Wildman–Crippen LogP) is 1.67. The lowest BCUT2D eigenvalue weighted by Gasteiger charge is -2.02. The van der Waals surface area contributed by atoms with E-state index in [1.807, 2.05) is 0 Å². The molecule has 0 saturated heterocycles. The van der Waals surface area contributed by atoms with E-state index >= 15 is 0 Å². The van der Waals surface area contributed by atoms with E-state index in [0.29, 0.717) is 11.3 Å².